The number of hydrogen-bond donors (Lipinski definition) is 1. The van der Waals surface area contributed by atoms with E-state index in [0.717, 1.165) is 12.3 Å². The van der Waals surface area contributed by atoms with Gasteiger partial charge in [-0.3, -0.25) is 4.79 Å². The molecule has 1 fully saturated rings. The number of hydrogen-bond acceptors (Lipinski definition) is 2. The first-order chi connectivity index (χ1) is 7.86. The smallest absolute Gasteiger partial charge is 0.182 e. The molecule has 16 heavy (non-hydrogen) atoms. The first-order valence-electron chi connectivity index (χ1n) is 6.38. The lowest BCUT2D eigenvalue weighted by atomic mass is 9.85. The molecule has 1 aliphatic rings. The van der Waals surface area contributed by atoms with E-state index in [9.17, 15) is 4.79 Å². The molecule has 0 unspecified atom stereocenters. The standard InChI is InChI=1S/C13H20N2O/c16-13(12-9-14-10-15-12)8-4-7-11-5-2-1-3-6-11/h9-11H,1-8H2,(H,14,15). The van der Waals surface area contributed by atoms with E-state index in [1.54, 1.807) is 12.5 Å². The van der Waals surface area contributed by atoms with E-state index in [1.165, 1.54) is 38.5 Å². The van der Waals surface area contributed by atoms with Crippen molar-refractivity contribution >= 4 is 5.78 Å². The van der Waals surface area contributed by atoms with Crippen molar-refractivity contribution in [3.05, 3.63) is 18.2 Å². The van der Waals surface area contributed by atoms with Crippen molar-refractivity contribution in [2.24, 2.45) is 5.92 Å². The number of carbonyl (C=O) groups is 1. The third kappa shape index (κ3) is 3.19. The zero-order chi connectivity index (χ0) is 11.2. The molecule has 3 nitrogen and oxygen atoms in total. The average Bonchev–Trinajstić information content (AvgIpc) is 2.84. The minimum Gasteiger partial charge on any atom is -0.350 e. The van der Waals surface area contributed by atoms with E-state index >= 15 is 0 Å². The summed E-state index contributed by atoms with van der Waals surface area (Å²) < 4.78 is 0. The van der Waals surface area contributed by atoms with E-state index in [-0.39, 0.29) is 5.78 Å². The van der Waals surface area contributed by atoms with Gasteiger partial charge in [-0.15, -0.1) is 0 Å². The van der Waals surface area contributed by atoms with Crippen LogP contribution in [0.5, 0.6) is 0 Å². The molecular weight excluding hydrogens is 200 g/mol. The Balaban J connectivity index is 1.66. The Kier molecular flexibility index (Phi) is 4.14. The summed E-state index contributed by atoms with van der Waals surface area (Å²) in [5.74, 6) is 1.05. The second-order valence-electron chi connectivity index (χ2n) is 4.77. The molecule has 88 valence electrons. The van der Waals surface area contributed by atoms with E-state index in [0.29, 0.717) is 12.1 Å². The normalized spacial score (nSPS) is 17.5. The minimum atomic E-state index is 0.178. The van der Waals surface area contributed by atoms with Crippen LogP contribution in [-0.4, -0.2) is 15.8 Å². The Morgan fingerprint density at radius 1 is 1.38 bits per heavy atom. The molecule has 1 N–H and O–H groups in total. The number of Topliss-reactive ketones (excluding diaryl/α,β-unsaturated/α-hetero) is 1. The molecule has 0 aromatic carbocycles. The molecule has 2 rings (SSSR count). The summed E-state index contributed by atoms with van der Waals surface area (Å²) in [4.78, 5) is 18.5. The predicted molar refractivity (Wildman–Crippen MR) is 63.3 cm³/mol. The fourth-order valence-corrected chi connectivity index (χ4v) is 2.57. The molecule has 0 bridgehead atoms. The van der Waals surface area contributed by atoms with Crippen LogP contribution in [0.25, 0.3) is 0 Å². The number of carbonyl (C=O) groups excluding carboxylic acids is 1. The summed E-state index contributed by atoms with van der Waals surface area (Å²) in [6.45, 7) is 0. The van der Waals surface area contributed by atoms with E-state index in [4.69, 9.17) is 0 Å². The van der Waals surface area contributed by atoms with Crippen molar-refractivity contribution in [1.29, 1.82) is 0 Å². The number of nitrogens with one attached hydrogen (secondary N) is 1. The van der Waals surface area contributed by atoms with Gasteiger partial charge < -0.3 is 4.98 Å². The van der Waals surface area contributed by atoms with Gasteiger partial charge in [0, 0.05) is 12.6 Å². The summed E-state index contributed by atoms with van der Waals surface area (Å²) in [7, 11) is 0. The topological polar surface area (TPSA) is 45.8 Å². The van der Waals surface area contributed by atoms with Gasteiger partial charge >= 0.3 is 0 Å². The number of nitrogens with zero attached hydrogens (tertiary/aromatic N) is 1. The van der Waals surface area contributed by atoms with Crippen LogP contribution in [0, 0.1) is 5.92 Å². The molecule has 0 radical (unpaired) electrons. The van der Waals surface area contributed by atoms with E-state index in [1.807, 2.05) is 0 Å². The summed E-state index contributed by atoms with van der Waals surface area (Å²) in [5.41, 5.74) is 0.587. The Morgan fingerprint density at radius 3 is 2.88 bits per heavy atom. The van der Waals surface area contributed by atoms with Crippen molar-refractivity contribution < 1.29 is 4.79 Å². The lowest BCUT2D eigenvalue weighted by molar-refractivity contribution is 0.0972. The molecule has 1 heterocycles. The van der Waals surface area contributed by atoms with Gasteiger partial charge in [-0.2, -0.15) is 0 Å². The molecule has 1 aromatic heterocycles. The number of imidazole rings is 1. The SMILES string of the molecule is O=C(CCCC1CCCCC1)c1c[nH]cn1. The highest BCUT2D eigenvalue weighted by atomic mass is 16.1. The molecule has 1 aliphatic carbocycles. The lowest BCUT2D eigenvalue weighted by Crippen LogP contribution is -2.07. The molecule has 0 spiro atoms. The second-order valence-corrected chi connectivity index (χ2v) is 4.77. The number of ketones is 1. The number of aromatic nitrogens is 2. The molecule has 0 aliphatic heterocycles. The molecule has 3 heteroatoms. The van der Waals surface area contributed by atoms with Gasteiger partial charge in [-0.1, -0.05) is 38.5 Å². The first kappa shape index (κ1) is 11.4. The highest BCUT2D eigenvalue weighted by Gasteiger charge is 2.14. The Bertz CT molecular complexity index is 313. The third-order valence-corrected chi connectivity index (χ3v) is 3.52. The fourth-order valence-electron chi connectivity index (χ4n) is 2.57. The van der Waals surface area contributed by atoms with Crippen LogP contribution >= 0.6 is 0 Å². The summed E-state index contributed by atoms with van der Waals surface area (Å²) in [5, 5.41) is 0. The lowest BCUT2D eigenvalue weighted by Gasteiger charge is -2.20. The maximum Gasteiger partial charge on any atom is 0.182 e. The Labute approximate surface area is 96.7 Å². The fraction of sp³-hybridized carbons (Fsp3) is 0.692. The maximum atomic E-state index is 11.7. The molecule has 1 saturated carbocycles. The van der Waals surface area contributed by atoms with Gasteiger partial charge in [0.1, 0.15) is 5.69 Å². The van der Waals surface area contributed by atoms with Crippen molar-refractivity contribution in [1.82, 2.24) is 9.97 Å². The van der Waals surface area contributed by atoms with E-state index in [2.05, 4.69) is 9.97 Å². The van der Waals surface area contributed by atoms with Crippen LogP contribution in [0.3, 0.4) is 0 Å². The number of H-pyrrole nitrogens is 1. The van der Waals surface area contributed by atoms with Crippen LogP contribution < -0.4 is 0 Å². The quantitative estimate of drug-likeness (QED) is 0.773. The van der Waals surface area contributed by atoms with Crippen LogP contribution in [0.2, 0.25) is 0 Å². The van der Waals surface area contributed by atoms with Crippen molar-refractivity contribution in [2.75, 3.05) is 0 Å². The zero-order valence-corrected chi connectivity index (χ0v) is 9.74. The van der Waals surface area contributed by atoms with Crippen molar-refractivity contribution in [2.45, 2.75) is 51.4 Å². The Hall–Kier alpha value is -1.12. The van der Waals surface area contributed by atoms with Gasteiger partial charge in [0.05, 0.1) is 6.33 Å². The number of rotatable bonds is 5. The molecule has 0 saturated heterocycles. The predicted octanol–water partition coefficient (Wildman–Crippen LogP) is 3.34. The largest absolute Gasteiger partial charge is 0.350 e. The van der Waals surface area contributed by atoms with Crippen molar-refractivity contribution in [3.8, 4) is 0 Å². The number of aromatic amines is 1. The van der Waals surface area contributed by atoms with Crippen LogP contribution in [0.1, 0.15) is 61.9 Å². The van der Waals surface area contributed by atoms with Crippen molar-refractivity contribution in [3.63, 3.8) is 0 Å². The zero-order valence-electron chi connectivity index (χ0n) is 9.74. The molecular formula is C13H20N2O. The third-order valence-electron chi connectivity index (χ3n) is 3.52. The highest BCUT2D eigenvalue weighted by Crippen LogP contribution is 2.27. The van der Waals surface area contributed by atoms with Gasteiger partial charge in [0.15, 0.2) is 5.78 Å². The van der Waals surface area contributed by atoms with Crippen LogP contribution in [0.4, 0.5) is 0 Å². The highest BCUT2D eigenvalue weighted by molar-refractivity contribution is 5.93. The Morgan fingerprint density at radius 2 is 2.19 bits per heavy atom. The van der Waals surface area contributed by atoms with Gasteiger partial charge in [-0.05, 0) is 12.3 Å². The second kappa shape index (κ2) is 5.83. The summed E-state index contributed by atoms with van der Waals surface area (Å²) in [6.07, 6.45) is 13.1. The average molecular weight is 220 g/mol. The monoisotopic (exact) mass is 220 g/mol. The van der Waals surface area contributed by atoms with Crippen LogP contribution in [-0.2, 0) is 0 Å². The summed E-state index contributed by atoms with van der Waals surface area (Å²) in [6, 6.07) is 0. The van der Waals surface area contributed by atoms with Gasteiger partial charge in [-0.25, -0.2) is 4.98 Å². The molecule has 0 amide bonds. The summed E-state index contributed by atoms with van der Waals surface area (Å²) >= 11 is 0. The van der Waals surface area contributed by atoms with Gasteiger partial charge in [0.25, 0.3) is 0 Å². The molecule has 1 aromatic rings. The molecule has 0 atom stereocenters. The maximum absolute atomic E-state index is 11.7. The minimum absolute atomic E-state index is 0.178. The van der Waals surface area contributed by atoms with Gasteiger partial charge in [0.2, 0.25) is 0 Å². The van der Waals surface area contributed by atoms with E-state index < -0.39 is 0 Å². The first-order valence-corrected chi connectivity index (χ1v) is 6.38. The van der Waals surface area contributed by atoms with Crippen LogP contribution in [0.15, 0.2) is 12.5 Å².